The molecule has 78 heavy (non-hydrogen) atoms. The Balaban J connectivity index is 0.955. The standard InChI is InChI=1S/C59H80N10O8S/c1-35-12-14-67(35)56(72)62-50-52(66-30-59(31-66)33-74-34-59)53-61-46(29-78-53)37-8-11-47-43(24-37)45(27-57(3,4)32-76-55(71)49-38-22-40(23-38)69(63-49)54(50)70)51(68(47)19-21-75-42-13-20-77-58(5,6)26-42)44-25-41(28-60-48(44)36(2)73-7)65-17-15-64(16-18-65)39-9-10-39/h8,11,24-25,28-29,35-36,38-40,42,49-50,52,63H,9-10,12-23,26-27,30-34H2,1-7H3,(H,62,72)/t35-,36+,38?,40?,42+,49+,50+,52+/m1/s1. The first kappa shape index (κ1) is 52.6. The average Bonchev–Trinajstić information content (AvgIpc) is 4.24. The van der Waals surface area contributed by atoms with Gasteiger partial charge in [0.05, 0.1) is 79.2 Å². The molecule has 6 atom stereocenters. The summed E-state index contributed by atoms with van der Waals surface area (Å²) in [5.74, 6) is -0.613. The number of nitrogens with one attached hydrogen (secondary N) is 2. The lowest BCUT2D eigenvalue weighted by molar-refractivity contribution is -0.203. The SMILES string of the molecule is CO[C@@H](C)c1ncc(N2CCN(C3CC3)CC2)cc1-c1c2c3cc(ccc3n1CCO[C@H]1CCOC(C)(C)C1)-c1csc(n1)[C@@H](N1CC3(COC3)C1)[C@H](NC(=O)N1CC[C@H]1C)C(=O)N1N[C@H](C(=O)OCC(C)(C)C2)C2CC1C2. The number of nitrogens with zero attached hydrogens (tertiary/aromatic N) is 8. The first-order valence-electron chi connectivity index (χ1n) is 29.1. The van der Waals surface area contributed by atoms with Crippen molar-refractivity contribution in [1.29, 1.82) is 0 Å². The Labute approximate surface area is 462 Å². The van der Waals surface area contributed by atoms with E-state index in [1.54, 1.807) is 17.0 Å². The van der Waals surface area contributed by atoms with Gasteiger partial charge in [-0.15, -0.1) is 11.3 Å². The minimum Gasteiger partial charge on any atom is -0.464 e. The summed E-state index contributed by atoms with van der Waals surface area (Å²) in [4.78, 5) is 64.4. The third-order valence-electron chi connectivity index (χ3n) is 18.9. The summed E-state index contributed by atoms with van der Waals surface area (Å²) in [6.07, 6.45) is 8.88. The number of carbonyl (C=O) groups excluding carboxylic acids is 3. The molecule has 3 amide bonds. The molecule has 0 radical (unpaired) electrons. The lowest BCUT2D eigenvalue weighted by Crippen LogP contribution is -2.74. The molecule has 19 heteroatoms. The smallest absolute Gasteiger partial charge is 0.325 e. The number of amides is 3. The number of esters is 1. The van der Waals surface area contributed by atoms with E-state index < -0.39 is 23.5 Å². The molecular weight excluding hydrogens is 1010 g/mol. The summed E-state index contributed by atoms with van der Waals surface area (Å²) in [5.41, 5.74) is 10.6. The summed E-state index contributed by atoms with van der Waals surface area (Å²) in [6, 6.07) is 7.17. The fourth-order valence-corrected chi connectivity index (χ4v) is 14.9. The van der Waals surface area contributed by atoms with Crippen molar-refractivity contribution in [2.75, 3.05) is 90.9 Å². The Hall–Kier alpha value is -4.73. The highest BCUT2D eigenvalue weighted by Gasteiger charge is 2.57. The third kappa shape index (κ3) is 9.82. The summed E-state index contributed by atoms with van der Waals surface area (Å²) in [5, 5.41) is 8.87. The van der Waals surface area contributed by atoms with Crippen molar-refractivity contribution in [3.05, 3.63) is 52.1 Å². The van der Waals surface area contributed by atoms with Crippen LogP contribution < -0.4 is 15.6 Å². The third-order valence-corrected chi connectivity index (χ3v) is 19.9. The van der Waals surface area contributed by atoms with Crippen LogP contribution >= 0.6 is 11.3 Å². The van der Waals surface area contributed by atoms with Gasteiger partial charge in [0.15, 0.2) is 0 Å². The van der Waals surface area contributed by atoms with Gasteiger partial charge in [-0.1, -0.05) is 19.9 Å². The van der Waals surface area contributed by atoms with Crippen LogP contribution in [0.5, 0.6) is 0 Å². The van der Waals surface area contributed by atoms with Crippen LogP contribution in [0, 0.1) is 16.7 Å². The molecule has 0 unspecified atom stereocenters. The number of hydrogen-bond acceptors (Lipinski definition) is 15. The molecule has 8 bridgehead atoms. The number of carbonyl (C=O) groups is 3. The molecule has 9 fully saturated rings. The number of thiazole rings is 1. The number of hydrogen-bond donors (Lipinski definition) is 2. The van der Waals surface area contributed by atoms with E-state index in [2.05, 4.69) is 94.3 Å². The number of aromatic nitrogens is 3. The quantitative estimate of drug-likeness (QED) is 0.148. The van der Waals surface area contributed by atoms with Crippen LogP contribution in [-0.4, -0.2) is 180 Å². The van der Waals surface area contributed by atoms with Crippen LogP contribution in [0.4, 0.5) is 10.5 Å². The van der Waals surface area contributed by atoms with Gasteiger partial charge in [-0.05, 0) is 102 Å². The van der Waals surface area contributed by atoms with Crippen molar-refractivity contribution < 1.29 is 38.1 Å². The monoisotopic (exact) mass is 1090 g/mol. The second-order valence-corrected chi connectivity index (χ2v) is 26.8. The predicted molar refractivity (Wildman–Crippen MR) is 297 cm³/mol. The fourth-order valence-electron chi connectivity index (χ4n) is 13.9. The van der Waals surface area contributed by atoms with Crippen molar-refractivity contribution in [2.45, 2.75) is 154 Å². The summed E-state index contributed by atoms with van der Waals surface area (Å²) < 4.78 is 33.7. The first-order valence-corrected chi connectivity index (χ1v) is 29.9. The summed E-state index contributed by atoms with van der Waals surface area (Å²) >= 11 is 1.53. The topological polar surface area (TPSA) is 168 Å². The van der Waals surface area contributed by atoms with E-state index in [1.807, 2.05) is 13.1 Å². The molecule has 4 aromatic rings. The molecule has 8 aliphatic heterocycles. The molecule has 420 valence electrons. The zero-order valence-corrected chi connectivity index (χ0v) is 47.6. The van der Waals surface area contributed by atoms with Crippen LogP contribution in [0.1, 0.15) is 115 Å². The van der Waals surface area contributed by atoms with Gasteiger partial charge in [0.1, 0.15) is 17.1 Å². The maximum Gasteiger partial charge on any atom is 0.325 e. The van der Waals surface area contributed by atoms with E-state index in [-0.39, 0.29) is 65.7 Å². The number of likely N-dealkylation sites (tertiary alicyclic amines) is 2. The lowest BCUT2D eigenvalue weighted by atomic mass is 9.72. The zero-order valence-electron chi connectivity index (χ0n) is 46.8. The normalized spacial score (nSPS) is 30.2. The number of fused-ring (bicyclic) bond motifs is 4. The zero-order chi connectivity index (χ0) is 53.8. The second kappa shape index (κ2) is 20.4. The molecule has 2 aliphatic carbocycles. The van der Waals surface area contributed by atoms with Crippen LogP contribution in [-0.2, 0) is 46.2 Å². The van der Waals surface area contributed by atoms with Gasteiger partial charge in [-0.2, -0.15) is 0 Å². The minimum absolute atomic E-state index is 0.0165. The Bertz CT molecular complexity index is 2930. The number of urea groups is 1. The maximum atomic E-state index is 15.4. The van der Waals surface area contributed by atoms with Crippen molar-refractivity contribution in [3.8, 4) is 22.5 Å². The summed E-state index contributed by atoms with van der Waals surface area (Å²) in [6.45, 7) is 22.0. The number of piperazine rings is 1. The lowest BCUT2D eigenvalue weighted by Gasteiger charge is -2.58. The van der Waals surface area contributed by atoms with E-state index in [4.69, 9.17) is 33.7 Å². The van der Waals surface area contributed by atoms with Crippen LogP contribution in [0.25, 0.3) is 33.4 Å². The fraction of sp³-hybridized carbons (Fsp3) is 0.678. The largest absolute Gasteiger partial charge is 0.464 e. The molecule has 11 heterocycles. The maximum absolute atomic E-state index is 15.4. The summed E-state index contributed by atoms with van der Waals surface area (Å²) in [7, 11) is 1.75. The van der Waals surface area contributed by atoms with Crippen molar-refractivity contribution >= 4 is 45.8 Å². The van der Waals surface area contributed by atoms with E-state index in [0.29, 0.717) is 71.9 Å². The molecule has 3 aromatic heterocycles. The Morgan fingerprint density at radius 1 is 0.974 bits per heavy atom. The molecule has 2 N–H and O–H groups in total. The Kier molecular flexibility index (Phi) is 13.7. The molecule has 7 saturated heterocycles. The van der Waals surface area contributed by atoms with Crippen LogP contribution in [0.3, 0.4) is 0 Å². The number of methoxy groups -OCH3 is 1. The molecule has 10 aliphatic rings. The van der Waals surface area contributed by atoms with Gasteiger partial charge >= 0.3 is 12.0 Å². The number of rotatable bonds is 11. The number of anilines is 1. The molecule has 18 nitrogen and oxygen atoms in total. The predicted octanol–water partition coefficient (Wildman–Crippen LogP) is 6.96. The molecular formula is C59H80N10O8S. The van der Waals surface area contributed by atoms with E-state index >= 15 is 4.79 Å². The van der Waals surface area contributed by atoms with E-state index in [9.17, 15) is 9.59 Å². The molecule has 1 aromatic carbocycles. The Morgan fingerprint density at radius 2 is 1.77 bits per heavy atom. The highest BCUT2D eigenvalue weighted by molar-refractivity contribution is 7.10. The molecule has 1 spiro atoms. The Morgan fingerprint density at radius 3 is 2.46 bits per heavy atom. The van der Waals surface area contributed by atoms with E-state index in [0.717, 1.165) is 107 Å². The van der Waals surface area contributed by atoms with Gasteiger partial charge in [0, 0.05) is 129 Å². The number of benzene rings is 1. The number of cyclic esters (lactones) is 1. The van der Waals surface area contributed by atoms with Gasteiger partial charge in [0.25, 0.3) is 5.91 Å². The van der Waals surface area contributed by atoms with Crippen LogP contribution in [0.2, 0.25) is 0 Å². The minimum atomic E-state index is -0.989. The highest BCUT2D eigenvalue weighted by Crippen LogP contribution is 2.48. The van der Waals surface area contributed by atoms with Gasteiger partial charge in [-0.3, -0.25) is 29.4 Å². The highest BCUT2D eigenvalue weighted by atomic mass is 32.1. The van der Waals surface area contributed by atoms with Gasteiger partial charge < -0.3 is 43.4 Å². The van der Waals surface area contributed by atoms with Gasteiger partial charge in [-0.25, -0.2) is 15.2 Å². The molecule has 2 saturated carbocycles. The van der Waals surface area contributed by atoms with Gasteiger partial charge in [0.2, 0.25) is 0 Å². The van der Waals surface area contributed by atoms with Crippen molar-refractivity contribution in [1.82, 2.24) is 45.0 Å². The number of hydrazine groups is 1. The number of ether oxygens (including phenoxy) is 5. The number of pyridine rings is 1. The first-order chi connectivity index (χ1) is 37.5. The van der Waals surface area contributed by atoms with Crippen molar-refractivity contribution in [3.63, 3.8) is 0 Å². The second-order valence-electron chi connectivity index (χ2n) is 25.9. The van der Waals surface area contributed by atoms with E-state index in [1.165, 1.54) is 24.2 Å². The van der Waals surface area contributed by atoms with Crippen LogP contribution in [0.15, 0.2) is 35.8 Å². The molecule has 14 rings (SSSR count). The average molecular weight is 1090 g/mol. The van der Waals surface area contributed by atoms with Crippen molar-refractivity contribution in [2.24, 2.45) is 16.7 Å².